The quantitative estimate of drug-likeness (QED) is 0.568. The molecule has 2 rings (SSSR count). The number of carboxylic acids is 1. The van der Waals surface area contributed by atoms with Crippen LogP contribution in [0.15, 0.2) is 48.5 Å². The zero-order chi connectivity index (χ0) is 22.7. The number of aliphatic hydroxyl groups is 1. The van der Waals surface area contributed by atoms with Crippen molar-refractivity contribution >= 4 is 5.97 Å². The van der Waals surface area contributed by atoms with E-state index in [2.05, 4.69) is 19.2 Å². The molecule has 0 aliphatic heterocycles. The number of hydrogen-bond acceptors (Lipinski definition) is 3. The fourth-order valence-corrected chi connectivity index (χ4v) is 2.87. The topological polar surface area (TPSA) is 69.6 Å². The second-order valence-electron chi connectivity index (χ2n) is 7.58. The summed E-state index contributed by atoms with van der Waals surface area (Å²) >= 11 is 0. The van der Waals surface area contributed by atoms with E-state index >= 15 is 0 Å². The molecule has 3 N–H and O–H groups in total. The van der Waals surface area contributed by atoms with Crippen LogP contribution in [0.25, 0.3) is 0 Å². The predicted molar refractivity (Wildman–Crippen MR) is 112 cm³/mol. The molecule has 2 aromatic carbocycles. The molecule has 30 heavy (non-hydrogen) atoms. The van der Waals surface area contributed by atoms with E-state index in [0.717, 1.165) is 18.6 Å². The number of rotatable bonds is 8. The number of aromatic carboxylic acids is 1. The maximum absolute atomic E-state index is 12.5. The van der Waals surface area contributed by atoms with Crippen molar-refractivity contribution in [3.8, 4) is 0 Å². The van der Waals surface area contributed by atoms with Crippen molar-refractivity contribution < 1.29 is 28.2 Å². The molecule has 0 spiro atoms. The number of nitrogens with one attached hydrogen (secondary N) is 1. The summed E-state index contributed by atoms with van der Waals surface area (Å²) in [7, 11) is 0. The minimum absolute atomic E-state index is 0.0208. The smallest absolute Gasteiger partial charge is 0.416 e. The normalized spacial score (nSPS) is 12.3. The van der Waals surface area contributed by atoms with Crippen molar-refractivity contribution in [1.82, 2.24) is 5.32 Å². The van der Waals surface area contributed by atoms with Crippen molar-refractivity contribution in [2.75, 3.05) is 13.2 Å². The van der Waals surface area contributed by atoms with E-state index in [4.69, 9.17) is 10.2 Å². The fourth-order valence-electron chi connectivity index (χ4n) is 2.87. The minimum atomic E-state index is -4.29. The Hall–Kier alpha value is -2.38. The molecule has 0 amide bonds. The molecule has 1 atom stereocenters. The van der Waals surface area contributed by atoms with Crippen molar-refractivity contribution in [1.29, 1.82) is 0 Å². The molecule has 1 unspecified atom stereocenters. The summed E-state index contributed by atoms with van der Waals surface area (Å²) in [5, 5.41) is 20.3. The Morgan fingerprint density at radius 2 is 1.63 bits per heavy atom. The Kier molecular flexibility index (Phi) is 10.6. The largest absolute Gasteiger partial charge is 0.478 e. The maximum Gasteiger partial charge on any atom is 0.416 e. The van der Waals surface area contributed by atoms with Gasteiger partial charge in [-0.25, -0.2) is 4.79 Å². The molecule has 0 bridgehead atoms. The van der Waals surface area contributed by atoms with Gasteiger partial charge in [0, 0.05) is 12.6 Å². The van der Waals surface area contributed by atoms with E-state index in [1.165, 1.54) is 11.6 Å². The second-order valence-corrected chi connectivity index (χ2v) is 7.58. The molecule has 0 radical (unpaired) electrons. The summed E-state index contributed by atoms with van der Waals surface area (Å²) in [4.78, 5) is 10.5. The van der Waals surface area contributed by atoms with Crippen molar-refractivity contribution in [2.24, 2.45) is 5.92 Å². The van der Waals surface area contributed by atoms with Crippen LogP contribution in [0.2, 0.25) is 0 Å². The SMILES string of the molecule is CC(C)Cc1ccc(C(=O)O)cc1.CC(Cc1cccc(C(F)(F)F)c1)NCCO. The van der Waals surface area contributed by atoms with E-state index in [1.54, 1.807) is 18.2 Å². The highest BCUT2D eigenvalue weighted by molar-refractivity contribution is 5.87. The first-order valence-electron chi connectivity index (χ1n) is 9.85. The van der Waals surface area contributed by atoms with E-state index in [1.807, 2.05) is 19.1 Å². The van der Waals surface area contributed by atoms with Gasteiger partial charge in [0.1, 0.15) is 0 Å². The van der Waals surface area contributed by atoms with Crippen molar-refractivity contribution in [2.45, 2.75) is 45.8 Å². The Bertz CT molecular complexity index is 774. The Morgan fingerprint density at radius 1 is 1.00 bits per heavy atom. The lowest BCUT2D eigenvalue weighted by atomic mass is 10.0. The van der Waals surface area contributed by atoms with Crippen LogP contribution in [0.4, 0.5) is 13.2 Å². The van der Waals surface area contributed by atoms with Crippen LogP contribution in [0, 0.1) is 5.92 Å². The molecule has 0 saturated heterocycles. The second kappa shape index (κ2) is 12.3. The number of carbonyl (C=O) groups is 1. The first kappa shape index (κ1) is 25.7. The number of aliphatic hydroxyl groups excluding tert-OH is 1. The molecule has 0 heterocycles. The predicted octanol–water partition coefficient (Wildman–Crippen LogP) is 4.80. The number of carboxylic acid groups (broad SMARTS) is 1. The zero-order valence-corrected chi connectivity index (χ0v) is 17.5. The monoisotopic (exact) mass is 425 g/mol. The molecule has 0 aliphatic carbocycles. The van der Waals surface area contributed by atoms with E-state index in [9.17, 15) is 18.0 Å². The van der Waals surface area contributed by atoms with Gasteiger partial charge in [-0.05, 0) is 55.0 Å². The van der Waals surface area contributed by atoms with Gasteiger partial charge in [0.05, 0.1) is 17.7 Å². The van der Waals surface area contributed by atoms with Gasteiger partial charge in [-0.1, -0.05) is 44.2 Å². The van der Waals surface area contributed by atoms with Gasteiger partial charge < -0.3 is 15.5 Å². The van der Waals surface area contributed by atoms with Gasteiger partial charge in [0.2, 0.25) is 0 Å². The molecule has 0 aliphatic rings. The number of hydrogen-bond donors (Lipinski definition) is 3. The molecular weight excluding hydrogens is 395 g/mol. The lowest BCUT2D eigenvalue weighted by Crippen LogP contribution is -2.30. The average molecular weight is 425 g/mol. The van der Waals surface area contributed by atoms with Crippen LogP contribution >= 0.6 is 0 Å². The van der Waals surface area contributed by atoms with Crippen LogP contribution in [0.1, 0.15) is 47.8 Å². The van der Waals surface area contributed by atoms with Gasteiger partial charge in [-0.3, -0.25) is 0 Å². The Morgan fingerprint density at radius 3 is 2.13 bits per heavy atom. The summed E-state index contributed by atoms with van der Waals surface area (Å²) in [5.41, 5.74) is 1.56. The maximum atomic E-state index is 12.5. The highest BCUT2D eigenvalue weighted by atomic mass is 19.4. The standard InChI is InChI=1S/C12H16F3NO.C11H14O2/c1-9(16-5-6-17)7-10-3-2-4-11(8-10)12(13,14)15;1-8(2)7-9-3-5-10(6-4-9)11(12)13/h2-4,8-9,16-17H,5-7H2,1H3;3-6,8H,7H2,1-2H3,(H,12,13). The summed E-state index contributed by atoms with van der Waals surface area (Å²) in [6, 6.07) is 12.4. The molecule has 2 aromatic rings. The Balaban J connectivity index is 0.000000311. The van der Waals surface area contributed by atoms with Gasteiger partial charge >= 0.3 is 12.1 Å². The number of benzene rings is 2. The summed E-state index contributed by atoms with van der Waals surface area (Å²) in [6.07, 6.45) is -2.79. The number of halogens is 3. The fraction of sp³-hybridized carbons (Fsp3) is 0.435. The third kappa shape index (κ3) is 9.89. The van der Waals surface area contributed by atoms with E-state index < -0.39 is 17.7 Å². The lowest BCUT2D eigenvalue weighted by molar-refractivity contribution is -0.137. The van der Waals surface area contributed by atoms with Crippen LogP contribution in [0.5, 0.6) is 0 Å². The molecule has 0 aromatic heterocycles. The Labute approximate surface area is 175 Å². The van der Waals surface area contributed by atoms with E-state index in [0.29, 0.717) is 30.0 Å². The van der Waals surface area contributed by atoms with Crippen LogP contribution in [-0.4, -0.2) is 35.4 Å². The first-order valence-corrected chi connectivity index (χ1v) is 9.85. The van der Waals surface area contributed by atoms with Crippen LogP contribution in [0.3, 0.4) is 0 Å². The van der Waals surface area contributed by atoms with Gasteiger partial charge in [0.25, 0.3) is 0 Å². The summed E-state index contributed by atoms with van der Waals surface area (Å²) < 4.78 is 37.4. The van der Waals surface area contributed by atoms with Crippen molar-refractivity contribution in [3.05, 3.63) is 70.8 Å². The average Bonchev–Trinajstić information content (AvgIpc) is 2.66. The third-order valence-corrected chi connectivity index (χ3v) is 4.25. The van der Waals surface area contributed by atoms with E-state index in [-0.39, 0.29) is 12.6 Å². The highest BCUT2D eigenvalue weighted by Gasteiger charge is 2.30. The summed E-state index contributed by atoms with van der Waals surface area (Å²) in [5.74, 6) is -0.258. The number of alkyl halides is 3. The van der Waals surface area contributed by atoms with Crippen LogP contribution < -0.4 is 5.32 Å². The van der Waals surface area contributed by atoms with Crippen molar-refractivity contribution in [3.63, 3.8) is 0 Å². The molecule has 166 valence electrons. The molecule has 0 saturated carbocycles. The lowest BCUT2D eigenvalue weighted by Gasteiger charge is -2.14. The molecule has 0 fully saturated rings. The first-order chi connectivity index (χ1) is 14.0. The minimum Gasteiger partial charge on any atom is -0.478 e. The van der Waals surface area contributed by atoms with Crippen LogP contribution in [-0.2, 0) is 19.0 Å². The third-order valence-electron chi connectivity index (χ3n) is 4.25. The highest BCUT2D eigenvalue weighted by Crippen LogP contribution is 2.29. The molecule has 7 heteroatoms. The van der Waals surface area contributed by atoms with Gasteiger partial charge in [-0.15, -0.1) is 0 Å². The zero-order valence-electron chi connectivity index (χ0n) is 17.5. The van der Waals surface area contributed by atoms with Gasteiger partial charge in [-0.2, -0.15) is 13.2 Å². The molecular formula is C23H30F3NO3. The summed E-state index contributed by atoms with van der Waals surface area (Å²) in [6.45, 7) is 6.62. The molecule has 4 nitrogen and oxygen atoms in total. The van der Waals surface area contributed by atoms with Gasteiger partial charge in [0.15, 0.2) is 0 Å².